The number of amides is 1. The maximum atomic E-state index is 13.5. The first-order valence-electron chi connectivity index (χ1n) is 10.2. The highest BCUT2D eigenvalue weighted by Gasteiger charge is 2.22. The van der Waals surface area contributed by atoms with Gasteiger partial charge >= 0.3 is 0 Å². The van der Waals surface area contributed by atoms with E-state index in [1.54, 1.807) is 12.0 Å². The Balaban J connectivity index is 1.92. The lowest BCUT2D eigenvalue weighted by Crippen LogP contribution is -2.36. The lowest BCUT2D eigenvalue weighted by Gasteiger charge is -2.22. The van der Waals surface area contributed by atoms with Crippen molar-refractivity contribution in [1.82, 2.24) is 9.88 Å². The number of fused-ring (bicyclic) bond motifs is 1. The third kappa shape index (κ3) is 5.29. The zero-order valence-corrected chi connectivity index (χ0v) is 18.9. The van der Waals surface area contributed by atoms with E-state index in [1.165, 1.54) is 11.3 Å². The summed E-state index contributed by atoms with van der Waals surface area (Å²) in [6.07, 6.45) is 2.05. The lowest BCUT2D eigenvalue weighted by atomic mass is 10.2. The topological polar surface area (TPSA) is 54.9 Å². The number of carbonyl (C=O) groups excluding carboxylic acids is 1. The second-order valence-electron chi connectivity index (χ2n) is 7.29. The van der Waals surface area contributed by atoms with Gasteiger partial charge in [0, 0.05) is 18.7 Å². The third-order valence-corrected chi connectivity index (χ3v) is 5.73. The highest BCUT2D eigenvalue weighted by Crippen LogP contribution is 2.34. The van der Waals surface area contributed by atoms with Gasteiger partial charge in [-0.3, -0.25) is 9.69 Å². The molecule has 6 nitrogen and oxygen atoms in total. The Bertz CT molecular complexity index is 987. The minimum atomic E-state index is -0.0872. The molecule has 0 N–H and O–H groups in total. The molecule has 0 aliphatic rings. The van der Waals surface area contributed by atoms with Gasteiger partial charge in [0.15, 0.2) is 5.13 Å². The molecule has 0 fully saturated rings. The summed E-state index contributed by atoms with van der Waals surface area (Å²) >= 11 is 1.49. The van der Waals surface area contributed by atoms with Gasteiger partial charge in [-0.15, -0.1) is 0 Å². The highest BCUT2D eigenvalue weighted by atomic mass is 32.1. The Kier molecular flexibility index (Phi) is 7.65. The SMILES string of the molecule is CCCCOc1cccc(C(=O)N(CCN(C)C)c2nc3c(OC)cccc3s2)c1. The van der Waals surface area contributed by atoms with Crippen LogP contribution in [0.5, 0.6) is 11.5 Å². The van der Waals surface area contributed by atoms with Gasteiger partial charge in [-0.2, -0.15) is 0 Å². The molecule has 0 aliphatic heterocycles. The van der Waals surface area contributed by atoms with Crippen molar-refractivity contribution in [2.45, 2.75) is 19.8 Å². The molecule has 0 atom stereocenters. The van der Waals surface area contributed by atoms with E-state index in [0.29, 0.717) is 35.3 Å². The number of anilines is 1. The number of unbranched alkanes of at least 4 members (excludes halogenated alkanes) is 1. The smallest absolute Gasteiger partial charge is 0.260 e. The van der Waals surface area contributed by atoms with Crippen molar-refractivity contribution in [1.29, 1.82) is 0 Å². The molecule has 0 saturated heterocycles. The fourth-order valence-electron chi connectivity index (χ4n) is 2.98. The summed E-state index contributed by atoms with van der Waals surface area (Å²) in [6.45, 7) is 4.04. The van der Waals surface area contributed by atoms with E-state index in [1.807, 2.05) is 56.6 Å². The summed E-state index contributed by atoms with van der Waals surface area (Å²) in [6, 6.07) is 13.2. The molecule has 0 saturated carbocycles. The van der Waals surface area contributed by atoms with Crippen LogP contribution in [0.15, 0.2) is 42.5 Å². The molecule has 30 heavy (non-hydrogen) atoms. The van der Waals surface area contributed by atoms with E-state index < -0.39 is 0 Å². The minimum Gasteiger partial charge on any atom is -0.494 e. The molecule has 7 heteroatoms. The fourth-order valence-corrected chi connectivity index (χ4v) is 3.99. The number of ether oxygens (including phenoxy) is 2. The molecule has 0 bridgehead atoms. The van der Waals surface area contributed by atoms with Crippen molar-refractivity contribution in [2.75, 3.05) is 45.8 Å². The Morgan fingerprint density at radius 2 is 1.93 bits per heavy atom. The number of benzene rings is 2. The summed E-state index contributed by atoms with van der Waals surface area (Å²) < 4.78 is 12.2. The van der Waals surface area contributed by atoms with Crippen molar-refractivity contribution >= 4 is 32.6 Å². The molecule has 0 aliphatic carbocycles. The monoisotopic (exact) mass is 427 g/mol. The molecule has 1 heterocycles. The van der Waals surface area contributed by atoms with Crippen molar-refractivity contribution < 1.29 is 14.3 Å². The second-order valence-corrected chi connectivity index (χ2v) is 8.30. The normalized spacial score (nSPS) is 11.1. The zero-order valence-electron chi connectivity index (χ0n) is 18.1. The molecule has 3 rings (SSSR count). The van der Waals surface area contributed by atoms with Gasteiger partial charge in [-0.25, -0.2) is 4.98 Å². The van der Waals surface area contributed by atoms with Crippen molar-refractivity contribution in [2.24, 2.45) is 0 Å². The number of likely N-dealkylation sites (N-methyl/N-ethyl adjacent to an activating group) is 1. The van der Waals surface area contributed by atoms with Gasteiger partial charge in [0.25, 0.3) is 5.91 Å². The Hall–Kier alpha value is -2.64. The molecule has 160 valence electrons. The van der Waals surface area contributed by atoms with E-state index in [4.69, 9.17) is 14.5 Å². The van der Waals surface area contributed by atoms with Crippen LogP contribution in [-0.2, 0) is 0 Å². The van der Waals surface area contributed by atoms with Crippen molar-refractivity contribution in [3.63, 3.8) is 0 Å². The van der Waals surface area contributed by atoms with Crippen LogP contribution in [0.3, 0.4) is 0 Å². The predicted octanol–water partition coefficient (Wildman–Crippen LogP) is 4.69. The van der Waals surface area contributed by atoms with E-state index in [0.717, 1.165) is 29.6 Å². The van der Waals surface area contributed by atoms with Gasteiger partial charge in [-0.05, 0) is 50.8 Å². The second kappa shape index (κ2) is 10.4. The summed E-state index contributed by atoms with van der Waals surface area (Å²) in [5.41, 5.74) is 1.37. The average molecular weight is 428 g/mol. The standard InChI is InChI=1S/C23H29N3O3S/c1-5-6-15-29-18-10-7-9-17(16-18)22(27)26(14-13-25(2)3)23-24-21-19(28-4)11-8-12-20(21)30-23/h7-12,16H,5-6,13-15H2,1-4H3. The predicted molar refractivity (Wildman–Crippen MR) is 123 cm³/mol. The molecule has 0 unspecified atom stereocenters. The Labute approximate surface area is 182 Å². The van der Waals surface area contributed by atoms with Gasteiger partial charge in [0.05, 0.1) is 18.4 Å². The van der Waals surface area contributed by atoms with Crippen LogP contribution in [0.25, 0.3) is 10.2 Å². The molecule has 1 aromatic heterocycles. The van der Waals surface area contributed by atoms with E-state index in [9.17, 15) is 4.79 Å². The Morgan fingerprint density at radius 3 is 2.67 bits per heavy atom. The number of aromatic nitrogens is 1. The maximum Gasteiger partial charge on any atom is 0.260 e. The summed E-state index contributed by atoms with van der Waals surface area (Å²) in [5.74, 6) is 1.34. The van der Waals surface area contributed by atoms with Crippen LogP contribution in [0.4, 0.5) is 5.13 Å². The molecular formula is C23H29N3O3S. The van der Waals surface area contributed by atoms with E-state index >= 15 is 0 Å². The summed E-state index contributed by atoms with van der Waals surface area (Å²) in [7, 11) is 5.62. The molecule has 0 radical (unpaired) electrons. The fraction of sp³-hybridized carbons (Fsp3) is 0.391. The summed E-state index contributed by atoms with van der Waals surface area (Å²) in [5, 5.41) is 0.665. The van der Waals surface area contributed by atoms with Crippen LogP contribution in [-0.4, -0.2) is 56.7 Å². The number of para-hydroxylation sites is 1. The number of methoxy groups -OCH3 is 1. The highest BCUT2D eigenvalue weighted by molar-refractivity contribution is 7.22. The van der Waals surface area contributed by atoms with Crippen LogP contribution in [0.1, 0.15) is 30.1 Å². The first kappa shape index (κ1) is 22.1. The minimum absolute atomic E-state index is 0.0872. The van der Waals surface area contributed by atoms with E-state index in [2.05, 4.69) is 11.8 Å². The van der Waals surface area contributed by atoms with Crippen LogP contribution < -0.4 is 14.4 Å². The van der Waals surface area contributed by atoms with Crippen LogP contribution in [0.2, 0.25) is 0 Å². The molecule has 1 amide bonds. The number of rotatable bonds is 10. The maximum absolute atomic E-state index is 13.5. The van der Waals surface area contributed by atoms with Gasteiger partial charge in [0.2, 0.25) is 0 Å². The van der Waals surface area contributed by atoms with Gasteiger partial charge in [-0.1, -0.05) is 36.8 Å². The van der Waals surface area contributed by atoms with Gasteiger partial charge < -0.3 is 14.4 Å². The molecular weight excluding hydrogens is 398 g/mol. The first-order valence-corrected chi connectivity index (χ1v) is 11.0. The number of thiazole rings is 1. The first-order chi connectivity index (χ1) is 14.5. The van der Waals surface area contributed by atoms with Crippen LogP contribution >= 0.6 is 11.3 Å². The average Bonchev–Trinajstić information content (AvgIpc) is 3.18. The molecule has 0 spiro atoms. The summed E-state index contributed by atoms with van der Waals surface area (Å²) in [4.78, 5) is 22.0. The van der Waals surface area contributed by atoms with E-state index in [-0.39, 0.29) is 5.91 Å². The quantitative estimate of drug-likeness (QED) is 0.439. The molecule has 2 aromatic carbocycles. The number of nitrogens with zero attached hydrogens (tertiary/aromatic N) is 3. The van der Waals surface area contributed by atoms with Crippen molar-refractivity contribution in [3.05, 3.63) is 48.0 Å². The Morgan fingerprint density at radius 1 is 1.13 bits per heavy atom. The van der Waals surface area contributed by atoms with Gasteiger partial charge in [0.1, 0.15) is 17.0 Å². The molecule has 3 aromatic rings. The number of hydrogen-bond acceptors (Lipinski definition) is 6. The number of hydrogen-bond donors (Lipinski definition) is 0. The zero-order chi connectivity index (χ0) is 21.5. The number of carbonyl (C=O) groups is 1. The van der Waals surface area contributed by atoms with Crippen molar-refractivity contribution in [3.8, 4) is 11.5 Å². The third-order valence-electron chi connectivity index (χ3n) is 4.69. The van der Waals surface area contributed by atoms with Crippen LogP contribution in [0, 0.1) is 0 Å². The lowest BCUT2D eigenvalue weighted by molar-refractivity contribution is 0.0984. The largest absolute Gasteiger partial charge is 0.494 e.